The molecule has 0 saturated heterocycles. The zero-order chi connectivity index (χ0) is 9.56. The van der Waals surface area contributed by atoms with Gasteiger partial charge in [0.05, 0.1) is 0 Å². The minimum absolute atomic E-state index is 0.413. The molecule has 0 aliphatic rings. The highest BCUT2D eigenvalue weighted by molar-refractivity contribution is 6.02. The van der Waals surface area contributed by atoms with Crippen molar-refractivity contribution in [2.24, 2.45) is 10.7 Å². The topological polar surface area (TPSA) is 129 Å². The molecule has 0 aromatic rings. The summed E-state index contributed by atoms with van der Waals surface area (Å²) in [6.45, 7) is 0. The zero-order valence-corrected chi connectivity index (χ0v) is 5.94. The molecule has 0 aromatic carbocycles. The first-order valence-corrected chi connectivity index (χ1v) is 2.80. The summed E-state index contributed by atoms with van der Waals surface area (Å²) in [5.74, 6) is -2.51. The van der Waals surface area contributed by atoms with Gasteiger partial charge in [0, 0.05) is 0 Å². The van der Waals surface area contributed by atoms with Crippen LogP contribution in [-0.2, 0) is 9.59 Å². The first-order chi connectivity index (χ1) is 5.56. The lowest BCUT2D eigenvalue weighted by atomic mass is 10.4. The van der Waals surface area contributed by atoms with Gasteiger partial charge in [0.15, 0.2) is 0 Å². The first-order valence-electron chi connectivity index (χ1n) is 2.80. The molecule has 4 N–H and O–H groups in total. The van der Waals surface area contributed by atoms with Gasteiger partial charge in [-0.05, 0) is 0 Å². The Bertz CT molecular complexity index is 264. The fourth-order valence-electron chi connectivity index (χ4n) is 0.406. The summed E-state index contributed by atoms with van der Waals surface area (Å²) in [5.41, 5.74) is 4.96. The van der Waals surface area contributed by atoms with Gasteiger partial charge in [-0.3, -0.25) is 14.9 Å². The van der Waals surface area contributed by atoms with Crippen LogP contribution in [0.25, 0.3) is 0 Å². The smallest absolute Gasteiger partial charge is 0.312 e. The number of rotatable bonds is 2. The standard InChI is InChI=1S/C5H6N4O3/c6-2-8-5(7)9-3(10)1-4(11)12/h1H2,(H,11,12)(H3,7,8,9,10). The molecule has 0 saturated carbocycles. The number of amides is 1. The number of aliphatic imine (C=N–C) groups is 1. The number of aliphatic carboxylic acids is 1. The third-order valence-corrected chi connectivity index (χ3v) is 0.750. The van der Waals surface area contributed by atoms with E-state index in [1.165, 1.54) is 6.19 Å². The number of hydrogen-bond donors (Lipinski definition) is 3. The van der Waals surface area contributed by atoms with E-state index in [4.69, 9.17) is 16.1 Å². The highest BCUT2D eigenvalue weighted by Gasteiger charge is 2.07. The predicted octanol–water partition coefficient (Wildman–Crippen LogP) is -1.63. The first kappa shape index (κ1) is 9.90. The molecule has 0 atom stereocenters. The lowest BCUT2D eigenvalue weighted by molar-refractivity contribution is -0.140. The fraction of sp³-hybridized carbons (Fsp3) is 0.200. The van der Waals surface area contributed by atoms with E-state index in [-0.39, 0.29) is 0 Å². The summed E-state index contributed by atoms with van der Waals surface area (Å²) < 4.78 is 0. The molecule has 7 nitrogen and oxygen atoms in total. The Labute approximate surface area is 67.5 Å². The zero-order valence-electron chi connectivity index (χ0n) is 5.94. The van der Waals surface area contributed by atoms with Crippen LogP contribution in [0.4, 0.5) is 0 Å². The Hall–Kier alpha value is -2.10. The van der Waals surface area contributed by atoms with Crippen molar-refractivity contribution in [2.45, 2.75) is 6.42 Å². The number of carbonyl (C=O) groups excluding carboxylic acids is 1. The van der Waals surface area contributed by atoms with Gasteiger partial charge in [-0.2, -0.15) is 5.26 Å². The number of nitrogens with two attached hydrogens (primary N) is 1. The number of nitrogens with zero attached hydrogens (tertiary/aromatic N) is 2. The van der Waals surface area contributed by atoms with Crippen molar-refractivity contribution in [3.05, 3.63) is 0 Å². The second-order valence-corrected chi connectivity index (χ2v) is 1.72. The molecule has 1 amide bonds. The van der Waals surface area contributed by atoms with Crippen LogP contribution in [0.15, 0.2) is 4.99 Å². The summed E-state index contributed by atoms with van der Waals surface area (Å²) >= 11 is 0. The number of nitrogens with one attached hydrogen (secondary N) is 1. The van der Waals surface area contributed by atoms with Gasteiger partial charge in [-0.1, -0.05) is 0 Å². The van der Waals surface area contributed by atoms with Crippen LogP contribution >= 0.6 is 0 Å². The van der Waals surface area contributed by atoms with E-state index >= 15 is 0 Å². The number of carbonyl (C=O) groups is 2. The molecule has 0 aliphatic carbocycles. The lowest BCUT2D eigenvalue weighted by Crippen LogP contribution is -2.37. The average molecular weight is 170 g/mol. The van der Waals surface area contributed by atoms with E-state index in [1.54, 1.807) is 0 Å². The average Bonchev–Trinajstić information content (AvgIpc) is 1.84. The van der Waals surface area contributed by atoms with Crippen LogP contribution in [0.5, 0.6) is 0 Å². The monoisotopic (exact) mass is 170 g/mol. The van der Waals surface area contributed by atoms with Crippen LogP contribution in [0, 0.1) is 11.5 Å². The molecule has 7 heteroatoms. The normalized spacial score (nSPS) is 10.1. The molecule has 0 rings (SSSR count). The molecule has 0 heterocycles. The maximum atomic E-state index is 10.6. The summed E-state index contributed by atoms with van der Waals surface area (Å²) in [7, 11) is 0. The van der Waals surface area contributed by atoms with Crippen molar-refractivity contribution in [3.8, 4) is 6.19 Å². The van der Waals surface area contributed by atoms with E-state index in [2.05, 4.69) is 4.99 Å². The largest absolute Gasteiger partial charge is 0.481 e. The summed E-state index contributed by atoms with van der Waals surface area (Å²) in [6.07, 6.45) is 0.620. The Morgan fingerprint density at radius 2 is 2.25 bits per heavy atom. The van der Waals surface area contributed by atoms with Crippen LogP contribution in [-0.4, -0.2) is 22.9 Å². The van der Waals surface area contributed by atoms with Gasteiger partial charge >= 0.3 is 5.97 Å². The van der Waals surface area contributed by atoms with Crippen molar-refractivity contribution in [2.75, 3.05) is 0 Å². The molecule has 0 fully saturated rings. The molecule has 0 unspecified atom stereocenters. The molecule has 0 aliphatic heterocycles. The number of carboxylic acid groups (broad SMARTS) is 1. The fourth-order valence-corrected chi connectivity index (χ4v) is 0.406. The second kappa shape index (κ2) is 4.68. The highest BCUT2D eigenvalue weighted by atomic mass is 16.4. The Morgan fingerprint density at radius 1 is 1.67 bits per heavy atom. The highest BCUT2D eigenvalue weighted by Crippen LogP contribution is 1.77. The van der Waals surface area contributed by atoms with Crippen molar-refractivity contribution in [1.29, 1.82) is 5.26 Å². The minimum atomic E-state index is -1.28. The van der Waals surface area contributed by atoms with E-state index < -0.39 is 24.3 Å². The van der Waals surface area contributed by atoms with Crippen molar-refractivity contribution < 1.29 is 14.7 Å². The molecular weight excluding hydrogens is 164 g/mol. The molecule has 12 heavy (non-hydrogen) atoms. The number of carboxylic acids is 1. The number of hydrogen-bond acceptors (Lipinski definition) is 4. The van der Waals surface area contributed by atoms with Crippen LogP contribution < -0.4 is 11.1 Å². The SMILES string of the molecule is N#CN=C(N)NC(=O)CC(=O)O. The van der Waals surface area contributed by atoms with Gasteiger partial charge in [0.25, 0.3) is 0 Å². The van der Waals surface area contributed by atoms with Gasteiger partial charge in [0.1, 0.15) is 6.42 Å². The van der Waals surface area contributed by atoms with Crippen LogP contribution in [0.2, 0.25) is 0 Å². The molecule has 0 aromatic heterocycles. The molecular formula is C5H6N4O3. The van der Waals surface area contributed by atoms with Crippen LogP contribution in [0.3, 0.4) is 0 Å². The van der Waals surface area contributed by atoms with Crippen LogP contribution in [0.1, 0.15) is 6.42 Å². The third-order valence-electron chi connectivity index (χ3n) is 0.750. The Morgan fingerprint density at radius 3 is 2.67 bits per heavy atom. The molecule has 64 valence electrons. The Balaban J connectivity index is 3.95. The van der Waals surface area contributed by atoms with Crippen molar-refractivity contribution in [1.82, 2.24) is 5.32 Å². The van der Waals surface area contributed by atoms with E-state index in [9.17, 15) is 9.59 Å². The third kappa shape index (κ3) is 4.75. The van der Waals surface area contributed by atoms with Crippen molar-refractivity contribution in [3.63, 3.8) is 0 Å². The van der Waals surface area contributed by atoms with Gasteiger partial charge in [-0.25, -0.2) is 0 Å². The minimum Gasteiger partial charge on any atom is -0.481 e. The molecule has 0 spiro atoms. The summed E-state index contributed by atoms with van der Waals surface area (Å²) in [5, 5.41) is 18.0. The van der Waals surface area contributed by atoms with Gasteiger partial charge < -0.3 is 10.8 Å². The maximum Gasteiger partial charge on any atom is 0.312 e. The van der Waals surface area contributed by atoms with E-state index in [1.807, 2.05) is 5.32 Å². The van der Waals surface area contributed by atoms with Gasteiger partial charge in [0.2, 0.25) is 18.1 Å². The summed E-state index contributed by atoms with van der Waals surface area (Å²) in [4.78, 5) is 23.5. The molecule has 0 radical (unpaired) electrons. The molecule has 0 bridgehead atoms. The lowest BCUT2D eigenvalue weighted by Gasteiger charge is -1.98. The van der Waals surface area contributed by atoms with E-state index in [0.717, 1.165) is 0 Å². The second-order valence-electron chi connectivity index (χ2n) is 1.72. The van der Waals surface area contributed by atoms with E-state index in [0.29, 0.717) is 0 Å². The number of nitriles is 1. The quantitative estimate of drug-likeness (QED) is 0.198. The Kier molecular flexibility index (Phi) is 3.86. The maximum absolute atomic E-state index is 10.6. The van der Waals surface area contributed by atoms with Gasteiger partial charge in [-0.15, -0.1) is 4.99 Å². The van der Waals surface area contributed by atoms with Crippen molar-refractivity contribution >= 4 is 17.8 Å². The summed E-state index contributed by atoms with van der Waals surface area (Å²) in [6, 6.07) is 0. The predicted molar refractivity (Wildman–Crippen MR) is 37.6 cm³/mol. The number of guanidine groups is 1.